The summed E-state index contributed by atoms with van der Waals surface area (Å²) in [5.74, 6) is 1.10. The van der Waals surface area contributed by atoms with E-state index in [1.165, 1.54) is 16.9 Å². The molecule has 0 amide bonds. The number of hydrogen-bond acceptors (Lipinski definition) is 9. The van der Waals surface area contributed by atoms with Crippen LogP contribution in [0.4, 0.5) is 10.2 Å². The minimum Gasteiger partial charge on any atom is -0.474 e. The van der Waals surface area contributed by atoms with Gasteiger partial charge in [0, 0.05) is 13.1 Å². The summed E-state index contributed by atoms with van der Waals surface area (Å²) in [7, 11) is -3.23. The average molecular weight is 501 g/mol. The number of fused-ring (bicyclic) bond motifs is 2. The first-order valence-corrected chi connectivity index (χ1v) is 13.1. The normalized spacial score (nSPS) is 16.6. The van der Waals surface area contributed by atoms with Crippen LogP contribution in [0.5, 0.6) is 5.88 Å². The molecule has 4 heterocycles. The number of piperidine rings is 1. The molecule has 35 heavy (non-hydrogen) atoms. The zero-order valence-electron chi connectivity index (χ0n) is 19.5. The highest BCUT2D eigenvalue weighted by Crippen LogP contribution is 2.31. The monoisotopic (exact) mass is 500 g/mol. The van der Waals surface area contributed by atoms with E-state index in [9.17, 15) is 12.8 Å². The lowest BCUT2D eigenvalue weighted by molar-refractivity contribution is 0.131. The van der Waals surface area contributed by atoms with E-state index < -0.39 is 22.1 Å². The van der Waals surface area contributed by atoms with Gasteiger partial charge < -0.3 is 15.0 Å². The maximum absolute atomic E-state index is 13.9. The van der Waals surface area contributed by atoms with Gasteiger partial charge in [0.15, 0.2) is 17.3 Å². The number of rotatable bonds is 6. The van der Waals surface area contributed by atoms with Crippen LogP contribution in [0.2, 0.25) is 0 Å². The maximum atomic E-state index is 13.9. The number of aromatic amines is 1. The molecule has 0 radical (unpaired) electrons. The first-order valence-electron chi connectivity index (χ1n) is 11.2. The average Bonchev–Trinajstić information content (AvgIpc) is 3.27. The number of hydrogen-bond donors (Lipinski definition) is 2. The second-order valence-corrected chi connectivity index (χ2v) is 10.6. The summed E-state index contributed by atoms with van der Waals surface area (Å²) < 4.78 is 45.4. The Morgan fingerprint density at radius 3 is 2.71 bits per heavy atom. The molecule has 4 aromatic rings. The molecule has 0 unspecified atom stereocenters. The fourth-order valence-corrected chi connectivity index (χ4v) is 5.10. The molecule has 3 aromatic heterocycles. The Hall–Kier alpha value is -3.45. The minimum atomic E-state index is -3.23. The highest BCUT2D eigenvalue weighted by molar-refractivity contribution is 7.88. The van der Waals surface area contributed by atoms with Gasteiger partial charge >= 0.3 is 6.08 Å². The lowest BCUT2D eigenvalue weighted by Crippen LogP contribution is -2.41. The molecule has 1 atom stereocenters. The fraction of sp³-hybridized carbons (Fsp3) is 0.409. The molecule has 1 fully saturated rings. The third kappa shape index (κ3) is 4.73. The van der Waals surface area contributed by atoms with Crippen molar-refractivity contribution in [2.75, 3.05) is 24.7 Å². The van der Waals surface area contributed by atoms with Crippen molar-refractivity contribution in [2.45, 2.75) is 38.8 Å². The standard InChI is InChI=1S/C22H25FN8O3S/c1-12-5-4-6-15-16(12)21(34-14-7-9-31(10-8-14)35(3,32)33)28-18(27-15)13(2)26-20-17-19(25-11-24-17)29-22(23)30-20/h4-6,11,13-14H,7-10H2,1-3H3,(H2,24,25,26,29,30)/t13-/m0/s1. The molecule has 1 aliphatic rings. The number of sulfonamides is 1. The molecule has 1 saturated heterocycles. The van der Waals surface area contributed by atoms with Gasteiger partial charge in [0.25, 0.3) is 0 Å². The predicted octanol–water partition coefficient (Wildman–Crippen LogP) is 2.72. The first kappa shape index (κ1) is 23.3. The van der Waals surface area contributed by atoms with Crippen LogP contribution >= 0.6 is 0 Å². The summed E-state index contributed by atoms with van der Waals surface area (Å²) in [6.07, 6.45) is 2.70. The smallest absolute Gasteiger partial charge is 0.312 e. The number of aryl methyl sites for hydroxylation is 1. The number of nitrogens with zero attached hydrogens (tertiary/aromatic N) is 6. The Balaban J connectivity index is 1.45. The summed E-state index contributed by atoms with van der Waals surface area (Å²) in [4.78, 5) is 23.9. The number of ether oxygens (including phenoxy) is 1. The van der Waals surface area contributed by atoms with Crippen LogP contribution in [0.15, 0.2) is 24.5 Å². The lowest BCUT2D eigenvalue weighted by Gasteiger charge is -2.30. The van der Waals surface area contributed by atoms with Crippen LogP contribution in [-0.4, -0.2) is 68.1 Å². The summed E-state index contributed by atoms with van der Waals surface area (Å²) in [5, 5.41) is 3.94. The van der Waals surface area contributed by atoms with Gasteiger partial charge in [-0.1, -0.05) is 12.1 Å². The summed E-state index contributed by atoms with van der Waals surface area (Å²) in [5.41, 5.74) is 2.37. The molecule has 13 heteroatoms. The Morgan fingerprint density at radius 1 is 1.20 bits per heavy atom. The fourth-order valence-electron chi connectivity index (χ4n) is 4.23. The Morgan fingerprint density at radius 2 is 1.97 bits per heavy atom. The zero-order valence-corrected chi connectivity index (χ0v) is 20.3. The molecule has 184 valence electrons. The quantitative estimate of drug-likeness (QED) is 0.383. The van der Waals surface area contributed by atoms with Crippen molar-refractivity contribution in [3.8, 4) is 5.88 Å². The van der Waals surface area contributed by atoms with Crippen LogP contribution in [-0.2, 0) is 10.0 Å². The molecule has 1 aliphatic heterocycles. The van der Waals surface area contributed by atoms with Gasteiger partial charge in [-0.3, -0.25) is 0 Å². The van der Waals surface area contributed by atoms with Crippen molar-refractivity contribution >= 4 is 37.9 Å². The number of nitrogens with one attached hydrogen (secondary N) is 2. The van der Waals surface area contributed by atoms with Gasteiger partial charge in [0.05, 0.1) is 29.5 Å². The second kappa shape index (κ2) is 8.96. The Bertz CT molecular complexity index is 1500. The predicted molar refractivity (Wildman–Crippen MR) is 128 cm³/mol. The third-order valence-corrected chi connectivity index (χ3v) is 7.36. The highest BCUT2D eigenvalue weighted by Gasteiger charge is 2.27. The van der Waals surface area contributed by atoms with Crippen molar-refractivity contribution in [3.63, 3.8) is 0 Å². The molecule has 0 spiro atoms. The van der Waals surface area contributed by atoms with Crippen LogP contribution in [0.3, 0.4) is 0 Å². The molecular weight excluding hydrogens is 475 g/mol. The van der Waals surface area contributed by atoms with E-state index in [-0.39, 0.29) is 17.6 Å². The second-order valence-electron chi connectivity index (χ2n) is 8.64. The van der Waals surface area contributed by atoms with Crippen molar-refractivity contribution in [1.82, 2.24) is 34.2 Å². The van der Waals surface area contributed by atoms with Crippen molar-refractivity contribution in [3.05, 3.63) is 42.0 Å². The van der Waals surface area contributed by atoms with Gasteiger partial charge in [0.2, 0.25) is 15.9 Å². The molecule has 0 bridgehead atoms. The summed E-state index contributed by atoms with van der Waals surface area (Å²) in [6, 6.07) is 5.30. The zero-order chi connectivity index (χ0) is 24.7. The highest BCUT2D eigenvalue weighted by atomic mass is 32.2. The third-order valence-electron chi connectivity index (χ3n) is 6.06. The molecule has 0 aliphatic carbocycles. The van der Waals surface area contributed by atoms with Gasteiger partial charge in [-0.15, -0.1) is 0 Å². The number of aromatic nitrogens is 6. The van der Waals surface area contributed by atoms with E-state index in [0.717, 1.165) is 10.9 Å². The van der Waals surface area contributed by atoms with E-state index >= 15 is 0 Å². The van der Waals surface area contributed by atoms with Crippen LogP contribution in [0.1, 0.15) is 37.2 Å². The number of anilines is 1. The Labute approximate surface area is 201 Å². The van der Waals surface area contributed by atoms with Gasteiger partial charge in [-0.2, -0.15) is 19.3 Å². The summed E-state index contributed by atoms with van der Waals surface area (Å²) in [6.45, 7) is 4.60. The van der Waals surface area contributed by atoms with Crippen molar-refractivity contribution in [1.29, 1.82) is 0 Å². The number of imidazole rings is 1. The molecule has 1 aromatic carbocycles. The largest absolute Gasteiger partial charge is 0.474 e. The van der Waals surface area contributed by atoms with Crippen LogP contribution < -0.4 is 10.1 Å². The van der Waals surface area contributed by atoms with E-state index in [2.05, 4.69) is 25.3 Å². The van der Waals surface area contributed by atoms with Gasteiger partial charge in [0.1, 0.15) is 11.6 Å². The summed E-state index contributed by atoms with van der Waals surface area (Å²) >= 11 is 0. The molecule has 0 saturated carbocycles. The first-order chi connectivity index (χ1) is 16.7. The topological polar surface area (TPSA) is 139 Å². The van der Waals surface area contributed by atoms with Gasteiger partial charge in [-0.25, -0.2) is 22.7 Å². The number of H-pyrrole nitrogens is 1. The molecule has 11 nitrogen and oxygen atoms in total. The van der Waals surface area contributed by atoms with Gasteiger partial charge in [-0.05, 0) is 38.3 Å². The van der Waals surface area contributed by atoms with E-state index in [0.29, 0.717) is 48.7 Å². The van der Waals surface area contributed by atoms with Crippen molar-refractivity contribution < 1.29 is 17.5 Å². The molecule has 2 N–H and O–H groups in total. The maximum Gasteiger partial charge on any atom is 0.312 e. The van der Waals surface area contributed by atoms with Crippen molar-refractivity contribution in [2.24, 2.45) is 0 Å². The number of benzene rings is 1. The number of halogens is 1. The van der Waals surface area contributed by atoms with Crippen LogP contribution in [0.25, 0.3) is 22.1 Å². The van der Waals surface area contributed by atoms with Crippen LogP contribution in [0, 0.1) is 13.0 Å². The van der Waals surface area contributed by atoms with E-state index in [1.807, 2.05) is 32.0 Å². The van der Waals surface area contributed by atoms with E-state index in [4.69, 9.17) is 14.7 Å². The lowest BCUT2D eigenvalue weighted by atomic mass is 10.1. The molecular formula is C22H25FN8O3S. The minimum absolute atomic E-state index is 0.179. The molecule has 5 rings (SSSR count). The van der Waals surface area contributed by atoms with E-state index in [1.54, 1.807) is 0 Å². The Kier molecular flexibility index (Phi) is 5.97. The SMILES string of the molecule is Cc1cccc2nc([C@H](C)Nc3nc(F)nc4[nH]cnc34)nc(OC3CCN(S(C)(=O)=O)CC3)c12.